The molecule has 0 spiro atoms. The molecule has 0 saturated heterocycles. The Hall–Kier alpha value is -1.44. The van der Waals surface area contributed by atoms with Crippen LogP contribution in [-0.2, 0) is 14.8 Å². The molecule has 0 aliphatic heterocycles. The summed E-state index contributed by atoms with van der Waals surface area (Å²) in [4.78, 5) is 12.0. The van der Waals surface area contributed by atoms with Gasteiger partial charge in [-0.15, -0.1) is 0 Å². The first-order valence-corrected chi connectivity index (χ1v) is 7.51. The van der Waals surface area contributed by atoms with E-state index in [1.807, 2.05) is 0 Å². The lowest BCUT2D eigenvalue weighted by Gasteiger charge is -2.25. The zero-order chi connectivity index (χ0) is 14.7. The number of benzene rings is 1. The minimum absolute atomic E-state index is 0.127. The molecule has 7 heteroatoms. The largest absolute Gasteiger partial charge is 0.323 e. The normalized spacial score (nSPS) is 12.2. The van der Waals surface area contributed by atoms with Gasteiger partial charge in [0, 0.05) is 0 Å². The van der Waals surface area contributed by atoms with Crippen LogP contribution in [0.3, 0.4) is 0 Å². The highest BCUT2D eigenvalue weighted by Gasteiger charge is 2.30. The van der Waals surface area contributed by atoms with Crippen molar-refractivity contribution in [2.75, 3.05) is 5.32 Å². The van der Waals surface area contributed by atoms with E-state index in [2.05, 4.69) is 5.32 Å². The van der Waals surface area contributed by atoms with Crippen molar-refractivity contribution >= 4 is 21.6 Å². The molecule has 0 unspecified atom stereocenters. The van der Waals surface area contributed by atoms with Gasteiger partial charge in [-0.1, -0.05) is 26.0 Å². The lowest BCUT2D eigenvalue weighted by molar-refractivity contribution is -0.121. The summed E-state index contributed by atoms with van der Waals surface area (Å²) in [6.07, 6.45) is 0.903. The number of amides is 1. The van der Waals surface area contributed by atoms with Gasteiger partial charge in [-0.3, -0.25) is 4.79 Å². The molecule has 0 aromatic heterocycles. The monoisotopic (exact) mass is 285 g/mol. The van der Waals surface area contributed by atoms with E-state index < -0.39 is 21.5 Å². The summed E-state index contributed by atoms with van der Waals surface area (Å²) in [6.45, 7) is 3.60. The predicted octanol–water partition coefficient (Wildman–Crippen LogP) is 0.790. The van der Waals surface area contributed by atoms with Crippen LogP contribution in [0, 0.1) is 0 Å². The van der Waals surface area contributed by atoms with Crippen molar-refractivity contribution in [2.45, 2.75) is 37.1 Å². The third-order valence-electron chi connectivity index (χ3n) is 3.16. The molecule has 0 atom stereocenters. The van der Waals surface area contributed by atoms with E-state index in [9.17, 15) is 13.2 Å². The maximum atomic E-state index is 12.1. The first kappa shape index (κ1) is 15.6. The number of anilines is 1. The van der Waals surface area contributed by atoms with Gasteiger partial charge in [0.2, 0.25) is 15.9 Å². The molecule has 5 N–H and O–H groups in total. The Morgan fingerprint density at radius 1 is 1.26 bits per heavy atom. The van der Waals surface area contributed by atoms with Crippen LogP contribution >= 0.6 is 0 Å². The second-order valence-electron chi connectivity index (χ2n) is 4.36. The van der Waals surface area contributed by atoms with Gasteiger partial charge in [0.15, 0.2) is 0 Å². The number of primary sulfonamides is 1. The van der Waals surface area contributed by atoms with Gasteiger partial charge in [-0.2, -0.15) is 0 Å². The summed E-state index contributed by atoms with van der Waals surface area (Å²) >= 11 is 0. The molecule has 0 radical (unpaired) electrons. The zero-order valence-electron chi connectivity index (χ0n) is 11.0. The Bertz CT molecular complexity index is 565. The first-order valence-electron chi connectivity index (χ1n) is 5.96. The van der Waals surface area contributed by atoms with Gasteiger partial charge in [-0.25, -0.2) is 13.6 Å². The molecular weight excluding hydrogens is 266 g/mol. The van der Waals surface area contributed by atoms with Gasteiger partial charge < -0.3 is 11.1 Å². The Morgan fingerprint density at radius 2 is 1.79 bits per heavy atom. The standard InChI is InChI=1S/C12H19N3O3S/c1-3-12(13,4-2)11(16)15-9-7-5-6-8-10(9)19(14,17)18/h5-8H,3-4,13H2,1-2H3,(H,15,16)(H2,14,17,18). The van der Waals surface area contributed by atoms with Gasteiger partial charge in [0.05, 0.1) is 11.2 Å². The van der Waals surface area contributed by atoms with Gasteiger partial charge in [0.25, 0.3) is 0 Å². The smallest absolute Gasteiger partial charge is 0.244 e. The predicted molar refractivity (Wildman–Crippen MR) is 73.9 cm³/mol. The van der Waals surface area contributed by atoms with E-state index in [-0.39, 0.29) is 10.6 Å². The molecule has 6 nitrogen and oxygen atoms in total. The summed E-state index contributed by atoms with van der Waals surface area (Å²) in [5, 5.41) is 7.63. The highest BCUT2D eigenvalue weighted by atomic mass is 32.2. The fourth-order valence-corrected chi connectivity index (χ4v) is 2.33. The number of rotatable bonds is 5. The number of nitrogens with one attached hydrogen (secondary N) is 1. The Kier molecular flexibility index (Phi) is 4.67. The Labute approximate surface area is 113 Å². The lowest BCUT2D eigenvalue weighted by Crippen LogP contribution is -2.50. The van der Waals surface area contributed by atoms with E-state index >= 15 is 0 Å². The highest BCUT2D eigenvalue weighted by Crippen LogP contribution is 2.21. The lowest BCUT2D eigenvalue weighted by atomic mass is 9.93. The second kappa shape index (κ2) is 5.68. The first-order chi connectivity index (χ1) is 8.74. The average molecular weight is 285 g/mol. The van der Waals surface area contributed by atoms with E-state index in [0.29, 0.717) is 12.8 Å². The van der Waals surface area contributed by atoms with Crippen molar-refractivity contribution in [3.8, 4) is 0 Å². The molecule has 0 saturated carbocycles. The van der Waals surface area contributed by atoms with Gasteiger partial charge >= 0.3 is 0 Å². The molecule has 1 rings (SSSR count). The third kappa shape index (κ3) is 3.52. The van der Waals surface area contributed by atoms with Crippen molar-refractivity contribution in [1.29, 1.82) is 0 Å². The van der Waals surface area contributed by atoms with E-state index in [4.69, 9.17) is 10.9 Å². The molecule has 1 aromatic carbocycles. The number of hydrogen-bond acceptors (Lipinski definition) is 4. The van der Waals surface area contributed by atoms with Crippen LogP contribution in [0.25, 0.3) is 0 Å². The Balaban J connectivity index is 3.11. The minimum Gasteiger partial charge on any atom is -0.323 e. The summed E-state index contributed by atoms with van der Waals surface area (Å²) in [5.41, 5.74) is 5.08. The number of carbonyl (C=O) groups is 1. The van der Waals surface area contributed by atoms with Crippen LogP contribution in [0.15, 0.2) is 29.2 Å². The minimum atomic E-state index is -3.89. The molecule has 1 amide bonds. The van der Waals surface area contributed by atoms with Crippen molar-refractivity contribution in [3.63, 3.8) is 0 Å². The quantitative estimate of drug-likeness (QED) is 0.741. The Morgan fingerprint density at radius 3 is 2.26 bits per heavy atom. The van der Waals surface area contributed by atoms with Crippen LogP contribution in [0.4, 0.5) is 5.69 Å². The van der Waals surface area contributed by atoms with Crippen molar-refractivity contribution in [2.24, 2.45) is 10.9 Å². The fraction of sp³-hybridized carbons (Fsp3) is 0.417. The number of carbonyl (C=O) groups excluding carboxylic acids is 1. The molecule has 1 aromatic rings. The fourth-order valence-electron chi connectivity index (χ4n) is 1.64. The van der Waals surface area contributed by atoms with Crippen LogP contribution < -0.4 is 16.2 Å². The third-order valence-corrected chi connectivity index (χ3v) is 4.12. The molecule has 106 valence electrons. The van der Waals surface area contributed by atoms with Crippen molar-refractivity contribution in [1.82, 2.24) is 0 Å². The van der Waals surface area contributed by atoms with Crippen molar-refractivity contribution in [3.05, 3.63) is 24.3 Å². The topological polar surface area (TPSA) is 115 Å². The second-order valence-corrected chi connectivity index (χ2v) is 5.89. The highest BCUT2D eigenvalue weighted by molar-refractivity contribution is 7.89. The molecule has 0 bridgehead atoms. The molecule has 0 aliphatic rings. The summed E-state index contributed by atoms with van der Waals surface area (Å²) in [6, 6.07) is 5.95. The van der Waals surface area contributed by atoms with E-state index in [1.165, 1.54) is 18.2 Å². The molecule has 0 heterocycles. The summed E-state index contributed by atoms with van der Waals surface area (Å²) in [7, 11) is -3.89. The zero-order valence-corrected chi connectivity index (χ0v) is 11.8. The number of hydrogen-bond donors (Lipinski definition) is 3. The molecule has 0 aliphatic carbocycles. The number of sulfonamides is 1. The molecule has 0 fully saturated rings. The van der Waals surface area contributed by atoms with Crippen LogP contribution in [-0.4, -0.2) is 19.9 Å². The molecule has 19 heavy (non-hydrogen) atoms. The molecular formula is C12H19N3O3S. The van der Waals surface area contributed by atoms with Gasteiger partial charge in [-0.05, 0) is 25.0 Å². The van der Waals surface area contributed by atoms with Crippen LogP contribution in [0.1, 0.15) is 26.7 Å². The SMILES string of the molecule is CCC(N)(CC)C(=O)Nc1ccccc1S(N)(=O)=O. The van der Waals surface area contributed by atoms with E-state index in [0.717, 1.165) is 0 Å². The number of para-hydroxylation sites is 1. The summed E-state index contributed by atoms with van der Waals surface area (Å²) < 4.78 is 22.8. The summed E-state index contributed by atoms with van der Waals surface area (Å²) in [5.74, 6) is -0.423. The van der Waals surface area contributed by atoms with Crippen LogP contribution in [0.5, 0.6) is 0 Å². The maximum Gasteiger partial charge on any atom is 0.244 e. The van der Waals surface area contributed by atoms with Crippen LogP contribution in [0.2, 0.25) is 0 Å². The number of nitrogens with two attached hydrogens (primary N) is 2. The maximum absolute atomic E-state index is 12.1. The average Bonchev–Trinajstić information content (AvgIpc) is 2.37. The van der Waals surface area contributed by atoms with Gasteiger partial charge in [0.1, 0.15) is 4.90 Å². The van der Waals surface area contributed by atoms with Crippen molar-refractivity contribution < 1.29 is 13.2 Å². The van der Waals surface area contributed by atoms with E-state index in [1.54, 1.807) is 19.9 Å².